The zero-order valence-corrected chi connectivity index (χ0v) is 10.1. The van der Waals surface area contributed by atoms with Crippen LogP contribution >= 0.6 is 0 Å². The Morgan fingerprint density at radius 1 is 1.28 bits per heavy atom. The van der Waals surface area contributed by atoms with Crippen molar-refractivity contribution in [2.24, 2.45) is 11.7 Å². The second kappa shape index (κ2) is 5.64. The van der Waals surface area contributed by atoms with Gasteiger partial charge in [0.15, 0.2) is 0 Å². The van der Waals surface area contributed by atoms with Gasteiger partial charge in [-0.1, -0.05) is 0 Å². The Labute approximate surface area is 106 Å². The smallest absolute Gasteiger partial charge is 0.248 e. The first-order chi connectivity index (χ1) is 8.66. The first-order valence-corrected chi connectivity index (χ1v) is 6.08. The maximum Gasteiger partial charge on any atom is 0.248 e. The van der Waals surface area contributed by atoms with Gasteiger partial charge >= 0.3 is 0 Å². The first-order valence-electron chi connectivity index (χ1n) is 6.08. The summed E-state index contributed by atoms with van der Waals surface area (Å²) in [6.07, 6.45) is 1.94. The number of primary amides is 1. The molecule has 2 rings (SSSR count). The van der Waals surface area contributed by atoms with E-state index in [1.165, 1.54) is 0 Å². The highest BCUT2D eigenvalue weighted by Crippen LogP contribution is 2.14. The third-order valence-electron chi connectivity index (χ3n) is 3.10. The zero-order chi connectivity index (χ0) is 13.0. The number of rotatable bonds is 3. The molecular formula is C13H17N3O2. The lowest BCUT2D eigenvalue weighted by atomic mass is 9.99. The van der Waals surface area contributed by atoms with Crippen molar-refractivity contribution in [2.45, 2.75) is 12.8 Å². The maximum absolute atomic E-state index is 11.9. The van der Waals surface area contributed by atoms with Crippen LogP contribution in [0.2, 0.25) is 0 Å². The van der Waals surface area contributed by atoms with E-state index >= 15 is 0 Å². The van der Waals surface area contributed by atoms with E-state index in [9.17, 15) is 9.59 Å². The Balaban J connectivity index is 1.96. The van der Waals surface area contributed by atoms with Gasteiger partial charge in [-0.25, -0.2) is 0 Å². The molecule has 0 spiro atoms. The van der Waals surface area contributed by atoms with Crippen molar-refractivity contribution in [2.75, 3.05) is 18.4 Å². The Morgan fingerprint density at radius 3 is 2.56 bits per heavy atom. The summed E-state index contributed by atoms with van der Waals surface area (Å²) in [6.45, 7) is 1.71. The van der Waals surface area contributed by atoms with Crippen molar-refractivity contribution in [1.82, 2.24) is 5.32 Å². The van der Waals surface area contributed by atoms with Gasteiger partial charge in [0.2, 0.25) is 11.8 Å². The standard InChI is InChI=1S/C13H17N3O2/c14-12(17)9-3-5-11(6-4-9)16-13(18)10-2-1-7-15-8-10/h3-6,10,15H,1-2,7-8H2,(H2,14,17)(H,16,18)/t10-/m1/s1. The lowest BCUT2D eigenvalue weighted by Gasteiger charge is -2.21. The zero-order valence-electron chi connectivity index (χ0n) is 10.1. The van der Waals surface area contributed by atoms with Crippen molar-refractivity contribution in [3.8, 4) is 0 Å². The van der Waals surface area contributed by atoms with Crippen molar-refractivity contribution in [3.05, 3.63) is 29.8 Å². The summed E-state index contributed by atoms with van der Waals surface area (Å²) in [5, 5.41) is 6.05. The Bertz CT molecular complexity index is 436. The molecule has 5 nitrogen and oxygen atoms in total. The van der Waals surface area contributed by atoms with Gasteiger partial charge in [0.05, 0.1) is 5.92 Å². The van der Waals surface area contributed by atoms with Crippen LogP contribution in [0.1, 0.15) is 23.2 Å². The predicted octanol–water partition coefficient (Wildman–Crippen LogP) is 0.724. The average Bonchev–Trinajstić information content (AvgIpc) is 2.40. The van der Waals surface area contributed by atoms with Crippen LogP contribution in [0.25, 0.3) is 0 Å². The third-order valence-corrected chi connectivity index (χ3v) is 3.10. The molecule has 1 aliphatic rings. The number of carbonyl (C=O) groups excluding carboxylic acids is 2. The van der Waals surface area contributed by atoms with Crippen LogP contribution in [-0.4, -0.2) is 24.9 Å². The monoisotopic (exact) mass is 247 g/mol. The lowest BCUT2D eigenvalue weighted by molar-refractivity contribution is -0.120. The van der Waals surface area contributed by atoms with E-state index in [2.05, 4.69) is 10.6 Å². The molecule has 1 aliphatic heterocycles. The van der Waals surface area contributed by atoms with E-state index in [0.717, 1.165) is 25.9 Å². The number of carbonyl (C=O) groups is 2. The molecule has 1 atom stereocenters. The summed E-state index contributed by atoms with van der Waals surface area (Å²) in [5.41, 5.74) is 6.28. The van der Waals surface area contributed by atoms with E-state index in [0.29, 0.717) is 11.3 Å². The van der Waals surface area contributed by atoms with Gasteiger partial charge in [-0.05, 0) is 43.7 Å². The van der Waals surface area contributed by atoms with Gasteiger partial charge in [0.25, 0.3) is 0 Å². The van der Waals surface area contributed by atoms with Gasteiger partial charge < -0.3 is 16.4 Å². The number of anilines is 1. The fraction of sp³-hybridized carbons (Fsp3) is 0.385. The molecule has 1 heterocycles. The van der Waals surface area contributed by atoms with Crippen molar-refractivity contribution < 1.29 is 9.59 Å². The number of benzene rings is 1. The minimum absolute atomic E-state index is 0.0222. The highest BCUT2D eigenvalue weighted by Gasteiger charge is 2.20. The second-order valence-electron chi connectivity index (χ2n) is 4.47. The number of amides is 2. The maximum atomic E-state index is 11.9. The van der Waals surface area contributed by atoms with Gasteiger partial charge in [-0.15, -0.1) is 0 Å². The van der Waals surface area contributed by atoms with Crippen LogP contribution in [0, 0.1) is 5.92 Å². The van der Waals surface area contributed by atoms with Crippen molar-refractivity contribution in [3.63, 3.8) is 0 Å². The van der Waals surface area contributed by atoms with Crippen LogP contribution in [0.3, 0.4) is 0 Å². The molecular weight excluding hydrogens is 230 g/mol. The van der Waals surface area contributed by atoms with E-state index < -0.39 is 5.91 Å². The molecule has 0 radical (unpaired) electrons. The number of piperidine rings is 1. The quantitative estimate of drug-likeness (QED) is 0.736. The summed E-state index contributed by atoms with van der Waals surface area (Å²) in [6, 6.07) is 6.59. The first kappa shape index (κ1) is 12.6. The molecule has 5 heteroatoms. The Hall–Kier alpha value is -1.88. The molecule has 0 unspecified atom stereocenters. The number of nitrogens with two attached hydrogens (primary N) is 1. The molecule has 4 N–H and O–H groups in total. The molecule has 0 aromatic heterocycles. The highest BCUT2D eigenvalue weighted by atomic mass is 16.2. The molecule has 0 saturated carbocycles. The van der Waals surface area contributed by atoms with Crippen LogP contribution in [0.4, 0.5) is 5.69 Å². The molecule has 1 aromatic rings. The lowest BCUT2D eigenvalue weighted by Crippen LogP contribution is -2.37. The van der Waals surface area contributed by atoms with E-state index in [1.807, 2.05) is 0 Å². The van der Waals surface area contributed by atoms with Gasteiger partial charge in [-0.2, -0.15) is 0 Å². The second-order valence-corrected chi connectivity index (χ2v) is 4.47. The van der Waals surface area contributed by atoms with E-state index in [1.54, 1.807) is 24.3 Å². The minimum atomic E-state index is -0.468. The van der Waals surface area contributed by atoms with Gasteiger partial charge in [0.1, 0.15) is 0 Å². The van der Waals surface area contributed by atoms with Crippen LogP contribution in [0.5, 0.6) is 0 Å². The summed E-state index contributed by atoms with van der Waals surface area (Å²) >= 11 is 0. The van der Waals surface area contributed by atoms with Gasteiger partial charge in [0, 0.05) is 17.8 Å². The molecule has 1 saturated heterocycles. The van der Waals surface area contributed by atoms with E-state index in [-0.39, 0.29) is 11.8 Å². The van der Waals surface area contributed by atoms with Crippen molar-refractivity contribution in [1.29, 1.82) is 0 Å². The summed E-state index contributed by atoms with van der Waals surface area (Å²) in [4.78, 5) is 22.9. The largest absolute Gasteiger partial charge is 0.366 e. The van der Waals surface area contributed by atoms with Gasteiger partial charge in [-0.3, -0.25) is 9.59 Å². The SMILES string of the molecule is NC(=O)c1ccc(NC(=O)[C@@H]2CCCNC2)cc1. The molecule has 1 aromatic carbocycles. The Morgan fingerprint density at radius 2 is 2.00 bits per heavy atom. The molecule has 0 bridgehead atoms. The number of nitrogens with one attached hydrogen (secondary N) is 2. The van der Waals surface area contributed by atoms with Crippen LogP contribution in [-0.2, 0) is 4.79 Å². The predicted molar refractivity (Wildman–Crippen MR) is 69.2 cm³/mol. The topological polar surface area (TPSA) is 84.2 Å². The van der Waals surface area contributed by atoms with Crippen LogP contribution < -0.4 is 16.4 Å². The fourth-order valence-electron chi connectivity index (χ4n) is 2.04. The molecule has 2 amide bonds. The minimum Gasteiger partial charge on any atom is -0.366 e. The molecule has 1 fully saturated rings. The Kier molecular flexibility index (Phi) is 3.94. The normalized spacial score (nSPS) is 19.2. The third kappa shape index (κ3) is 3.07. The fourth-order valence-corrected chi connectivity index (χ4v) is 2.04. The summed E-state index contributed by atoms with van der Waals surface area (Å²) in [7, 11) is 0. The number of hydrogen-bond acceptors (Lipinski definition) is 3. The molecule has 18 heavy (non-hydrogen) atoms. The molecule has 96 valence electrons. The summed E-state index contributed by atoms with van der Waals surface area (Å²) < 4.78 is 0. The summed E-state index contributed by atoms with van der Waals surface area (Å²) in [5.74, 6) is -0.423. The molecule has 0 aliphatic carbocycles. The highest BCUT2D eigenvalue weighted by molar-refractivity contribution is 5.95. The van der Waals surface area contributed by atoms with Crippen LogP contribution in [0.15, 0.2) is 24.3 Å². The average molecular weight is 247 g/mol. The van der Waals surface area contributed by atoms with Crippen molar-refractivity contribution >= 4 is 17.5 Å². The number of hydrogen-bond donors (Lipinski definition) is 3. The van der Waals surface area contributed by atoms with E-state index in [4.69, 9.17) is 5.73 Å².